The minimum atomic E-state index is -3.37. The van der Waals surface area contributed by atoms with E-state index >= 15 is 0 Å². The molecule has 5 nitrogen and oxygen atoms in total. The fraction of sp³-hybridized carbons (Fsp3) is 0.417. The van der Waals surface area contributed by atoms with Gasteiger partial charge in [0.1, 0.15) is 0 Å². The number of benzene rings is 1. The van der Waals surface area contributed by atoms with Gasteiger partial charge in [-0.2, -0.15) is 0 Å². The zero-order chi connectivity index (χ0) is 14.0. The molecule has 0 aliphatic carbocycles. The molecular weight excluding hydrogens is 252 g/mol. The summed E-state index contributed by atoms with van der Waals surface area (Å²) in [6.07, 6.45) is 1.22. The molecule has 0 aliphatic heterocycles. The van der Waals surface area contributed by atoms with Gasteiger partial charge in [0.15, 0.2) is 9.84 Å². The second-order valence-corrected chi connectivity index (χ2v) is 6.97. The van der Waals surface area contributed by atoms with Crippen LogP contribution >= 0.6 is 0 Å². The van der Waals surface area contributed by atoms with Crippen LogP contribution in [0.25, 0.3) is 0 Å². The van der Waals surface area contributed by atoms with E-state index in [9.17, 15) is 13.2 Å². The summed E-state index contributed by atoms with van der Waals surface area (Å²) in [6.45, 7) is 3.46. The molecule has 1 aromatic rings. The molecule has 0 heterocycles. The van der Waals surface area contributed by atoms with Crippen molar-refractivity contribution in [1.29, 1.82) is 0 Å². The minimum Gasteiger partial charge on any atom is -0.325 e. The smallest absolute Gasteiger partial charge is 0.226 e. The van der Waals surface area contributed by atoms with E-state index in [0.29, 0.717) is 0 Å². The summed E-state index contributed by atoms with van der Waals surface area (Å²) < 4.78 is 23.1. The molecule has 0 radical (unpaired) electrons. The average Bonchev–Trinajstić information content (AvgIpc) is 2.13. The van der Waals surface area contributed by atoms with Crippen LogP contribution in [0.3, 0.4) is 0 Å². The Morgan fingerprint density at radius 1 is 1.33 bits per heavy atom. The van der Waals surface area contributed by atoms with E-state index in [2.05, 4.69) is 5.32 Å². The Labute approximate surface area is 107 Å². The summed E-state index contributed by atoms with van der Waals surface area (Å²) in [5, 5.41) is 2.58. The van der Waals surface area contributed by atoms with E-state index in [-0.39, 0.29) is 22.9 Å². The first-order valence-electron chi connectivity index (χ1n) is 5.47. The summed E-state index contributed by atoms with van der Waals surface area (Å²) in [5.74, 6) is -0.307. The quantitative estimate of drug-likeness (QED) is 0.859. The number of rotatable bonds is 4. The topological polar surface area (TPSA) is 89.3 Å². The normalized spacial score (nSPS) is 12.2. The van der Waals surface area contributed by atoms with Crippen LogP contribution in [0, 0.1) is 0 Å². The largest absolute Gasteiger partial charge is 0.325 e. The number of nitrogens with two attached hydrogens (primary N) is 1. The lowest BCUT2D eigenvalue weighted by Gasteiger charge is -2.18. The molecule has 0 fully saturated rings. The molecule has 0 saturated heterocycles. The highest BCUT2D eigenvalue weighted by Crippen LogP contribution is 2.21. The van der Waals surface area contributed by atoms with Crippen LogP contribution in [0.2, 0.25) is 0 Å². The van der Waals surface area contributed by atoms with Gasteiger partial charge in [0, 0.05) is 18.2 Å². The van der Waals surface area contributed by atoms with Crippen molar-refractivity contribution >= 4 is 21.4 Å². The van der Waals surface area contributed by atoms with Gasteiger partial charge in [0.05, 0.1) is 10.6 Å². The van der Waals surface area contributed by atoms with Crippen molar-refractivity contribution in [3.63, 3.8) is 0 Å². The molecule has 0 atom stereocenters. The van der Waals surface area contributed by atoms with Crippen LogP contribution < -0.4 is 11.1 Å². The van der Waals surface area contributed by atoms with Crippen molar-refractivity contribution in [2.45, 2.75) is 30.7 Å². The highest BCUT2D eigenvalue weighted by Gasteiger charge is 2.19. The molecule has 18 heavy (non-hydrogen) atoms. The third-order valence-corrected chi connectivity index (χ3v) is 3.33. The first kappa shape index (κ1) is 14.7. The molecule has 1 rings (SSSR count). The zero-order valence-corrected chi connectivity index (χ0v) is 11.5. The second-order valence-electron chi connectivity index (χ2n) is 4.98. The van der Waals surface area contributed by atoms with Gasteiger partial charge in [-0.05, 0) is 26.0 Å². The van der Waals surface area contributed by atoms with E-state index in [1.165, 1.54) is 6.07 Å². The van der Waals surface area contributed by atoms with Crippen LogP contribution in [-0.2, 0) is 14.6 Å². The Balaban J connectivity index is 2.96. The van der Waals surface area contributed by atoms with E-state index < -0.39 is 15.4 Å². The molecule has 0 aromatic heterocycles. The summed E-state index contributed by atoms with van der Waals surface area (Å²) in [5.41, 5.74) is 5.39. The van der Waals surface area contributed by atoms with Gasteiger partial charge in [-0.1, -0.05) is 12.1 Å². The maximum Gasteiger partial charge on any atom is 0.226 e. The van der Waals surface area contributed by atoms with Gasteiger partial charge in [-0.3, -0.25) is 4.79 Å². The first-order chi connectivity index (χ1) is 8.09. The number of carbonyl (C=O) groups is 1. The SMILES string of the molecule is CC(C)(N)CC(=O)Nc1ccccc1S(C)(=O)=O. The van der Waals surface area contributed by atoms with E-state index in [1.807, 2.05) is 0 Å². The predicted octanol–water partition coefficient (Wildman–Crippen LogP) is 1.16. The monoisotopic (exact) mass is 270 g/mol. The number of sulfone groups is 1. The van der Waals surface area contributed by atoms with Gasteiger partial charge >= 0.3 is 0 Å². The summed E-state index contributed by atoms with van der Waals surface area (Å²) in [4.78, 5) is 11.8. The first-order valence-corrected chi connectivity index (χ1v) is 7.36. The number of hydrogen-bond acceptors (Lipinski definition) is 4. The molecular formula is C12H18N2O3S. The van der Waals surface area contributed by atoms with Crippen molar-refractivity contribution in [3.8, 4) is 0 Å². The van der Waals surface area contributed by atoms with Crippen LogP contribution in [0.1, 0.15) is 20.3 Å². The number of anilines is 1. The summed E-state index contributed by atoms with van der Waals surface area (Å²) in [6, 6.07) is 6.28. The lowest BCUT2D eigenvalue weighted by Crippen LogP contribution is -2.36. The number of hydrogen-bond donors (Lipinski definition) is 2. The minimum absolute atomic E-state index is 0.105. The molecule has 0 saturated carbocycles. The Kier molecular flexibility index (Phi) is 4.13. The van der Waals surface area contributed by atoms with Crippen molar-refractivity contribution in [2.75, 3.05) is 11.6 Å². The van der Waals surface area contributed by atoms with Crippen LogP contribution in [0.5, 0.6) is 0 Å². The average molecular weight is 270 g/mol. The zero-order valence-electron chi connectivity index (χ0n) is 10.7. The maximum absolute atomic E-state index is 11.7. The molecule has 0 spiro atoms. The number of carbonyl (C=O) groups excluding carboxylic acids is 1. The maximum atomic E-state index is 11.7. The Morgan fingerprint density at radius 3 is 2.39 bits per heavy atom. The van der Waals surface area contributed by atoms with E-state index in [0.717, 1.165) is 6.26 Å². The van der Waals surface area contributed by atoms with Crippen molar-refractivity contribution < 1.29 is 13.2 Å². The lowest BCUT2D eigenvalue weighted by molar-refractivity contribution is -0.117. The van der Waals surface area contributed by atoms with Crippen molar-refractivity contribution in [3.05, 3.63) is 24.3 Å². The Hall–Kier alpha value is -1.40. The molecule has 3 N–H and O–H groups in total. The molecule has 0 bridgehead atoms. The predicted molar refractivity (Wildman–Crippen MR) is 71.1 cm³/mol. The molecule has 6 heteroatoms. The number of para-hydroxylation sites is 1. The lowest BCUT2D eigenvalue weighted by atomic mass is 10.0. The van der Waals surface area contributed by atoms with Gasteiger partial charge in [0.25, 0.3) is 0 Å². The van der Waals surface area contributed by atoms with Gasteiger partial charge in [0.2, 0.25) is 5.91 Å². The number of nitrogens with one attached hydrogen (secondary N) is 1. The number of amides is 1. The summed E-state index contributed by atoms with van der Waals surface area (Å²) in [7, 11) is -3.37. The summed E-state index contributed by atoms with van der Waals surface area (Å²) >= 11 is 0. The fourth-order valence-electron chi connectivity index (χ4n) is 1.50. The third-order valence-electron chi connectivity index (χ3n) is 2.18. The Bertz CT molecular complexity index is 545. The van der Waals surface area contributed by atoms with Crippen LogP contribution in [-0.4, -0.2) is 26.1 Å². The van der Waals surface area contributed by atoms with E-state index in [4.69, 9.17) is 5.73 Å². The molecule has 100 valence electrons. The van der Waals surface area contributed by atoms with Gasteiger partial charge in [-0.25, -0.2) is 8.42 Å². The van der Waals surface area contributed by atoms with Gasteiger partial charge in [-0.15, -0.1) is 0 Å². The molecule has 0 unspecified atom stereocenters. The highest BCUT2D eigenvalue weighted by atomic mass is 32.2. The van der Waals surface area contributed by atoms with Crippen LogP contribution in [0.15, 0.2) is 29.2 Å². The Morgan fingerprint density at radius 2 is 1.89 bits per heavy atom. The third kappa shape index (κ3) is 4.46. The second kappa shape index (κ2) is 5.07. The van der Waals surface area contributed by atoms with E-state index in [1.54, 1.807) is 32.0 Å². The van der Waals surface area contributed by atoms with Crippen molar-refractivity contribution in [2.24, 2.45) is 5.73 Å². The standard InChI is InChI=1S/C12H18N2O3S/c1-12(2,13)8-11(15)14-9-6-4-5-7-10(9)18(3,16)17/h4-7H,8,13H2,1-3H3,(H,14,15). The van der Waals surface area contributed by atoms with Gasteiger partial charge < -0.3 is 11.1 Å². The molecule has 0 aliphatic rings. The highest BCUT2D eigenvalue weighted by molar-refractivity contribution is 7.90. The molecule has 1 amide bonds. The van der Waals surface area contributed by atoms with Crippen molar-refractivity contribution in [1.82, 2.24) is 0 Å². The van der Waals surface area contributed by atoms with Crippen LogP contribution in [0.4, 0.5) is 5.69 Å². The molecule has 1 aromatic carbocycles. The fourth-order valence-corrected chi connectivity index (χ4v) is 2.35.